The van der Waals surface area contributed by atoms with Crippen molar-refractivity contribution in [1.29, 1.82) is 0 Å². The van der Waals surface area contributed by atoms with Crippen molar-refractivity contribution in [3.05, 3.63) is 0 Å². The van der Waals surface area contributed by atoms with E-state index >= 15 is 0 Å². The quantitative estimate of drug-likeness (QED) is 0.487. The predicted molar refractivity (Wildman–Crippen MR) is 27.0 cm³/mol. The fourth-order valence-corrected chi connectivity index (χ4v) is 0.433. The van der Waals surface area contributed by atoms with Crippen molar-refractivity contribution in [2.45, 2.75) is 6.42 Å². The van der Waals surface area contributed by atoms with Gasteiger partial charge in [-0.1, -0.05) is 0 Å². The normalized spacial score (nSPS) is 19.2. The number of rotatable bonds is 0. The Morgan fingerprint density at radius 3 is 1.40 bits per heavy atom. The second kappa shape index (κ2) is 2.54. The summed E-state index contributed by atoms with van der Waals surface area (Å²) in [7, 11) is 0. The molecular formula is C3H9NS. The average Bonchev–Trinajstić information content (AvgIpc) is 0.722. The molecule has 0 spiro atoms. The zero-order valence-corrected chi connectivity index (χ0v) is 4.05. The summed E-state index contributed by atoms with van der Waals surface area (Å²) in [5.74, 6) is 2.83. The van der Waals surface area contributed by atoms with Crippen LogP contribution in [0.1, 0.15) is 6.42 Å². The van der Waals surface area contributed by atoms with Gasteiger partial charge >= 0.3 is 0 Å². The highest BCUT2D eigenvalue weighted by Gasteiger charge is 1.95. The van der Waals surface area contributed by atoms with Gasteiger partial charge in [0, 0.05) is 0 Å². The van der Waals surface area contributed by atoms with Crippen LogP contribution in [0.3, 0.4) is 0 Å². The van der Waals surface area contributed by atoms with Gasteiger partial charge in [0.2, 0.25) is 0 Å². The van der Waals surface area contributed by atoms with E-state index in [4.69, 9.17) is 0 Å². The monoisotopic (exact) mass is 91.0 g/mol. The molecule has 3 N–H and O–H groups in total. The van der Waals surface area contributed by atoms with Gasteiger partial charge in [-0.05, 0) is 17.9 Å². The van der Waals surface area contributed by atoms with Gasteiger partial charge in [0.1, 0.15) is 0 Å². The molecule has 0 aromatic rings. The Bertz CT molecular complexity index is 14.9. The Hall–Kier alpha value is 0.310. The second-order valence-electron chi connectivity index (χ2n) is 0.966. The van der Waals surface area contributed by atoms with Crippen molar-refractivity contribution in [3.8, 4) is 0 Å². The molecule has 1 heterocycles. The fraction of sp³-hybridized carbons (Fsp3) is 1.00. The van der Waals surface area contributed by atoms with Crippen LogP contribution in [0, 0.1) is 0 Å². The van der Waals surface area contributed by atoms with E-state index < -0.39 is 0 Å². The molecule has 1 fully saturated rings. The zero-order valence-electron chi connectivity index (χ0n) is 3.24. The van der Waals surface area contributed by atoms with E-state index in [2.05, 4.69) is 0 Å². The van der Waals surface area contributed by atoms with Crippen LogP contribution < -0.4 is 6.15 Å². The number of hydrogen-bond acceptors (Lipinski definition) is 2. The van der Waals surface area contributed by atoms with Gasteiger partial charge in [0.25, 0.3) is 0 Å². The maximum absolute atomic E-state index is 2.04. The zero-order chi connectivity index (χ0) is 2.83. The first-order valence-corrected chi connectivity index (χ1v) is 2.73. The summed E-state index contributed by atoms with van der Waals surface area (Å²) in [6, 6.07) is 0. The molecule has 1 aliphatic rings. The van der Waals surface area contributed by atoms with Gasteiger partial charge in [0.05, 0.1) is 0 Å². The van der Waals surface area contributed by atoms with Crippen molar-refractivity contribution in [2.75, 3.05) is 11.5 Å². The highest BCUT2D eigenvalue weighted by molar-refractivity contribution is 8.00. The van der Waals surface area contributed by atoms with Gasteiger partial charge in [0.15, 0.2) is 0 Å². The van der Waals surface area contributed by atoms with Crippen LogP contribution in [0.2, 0.25) is 0 Å². The highest BCUT2D eigenvalue weighted by Crippen LogP contribution is 2.14. The van der Waals surface area contributed by atoms with Crippen LogP contribution in [0.15, 0.2) is 0 Å². The Morgan fingerprint density at radius 1 is 1.20 bits per heavy atom. The molecule has 1 nitrogen and oxygen atoms in total. The summed E-state index contributed by atoms with van der Waals surface area (Å²) < 4.78 is 0. The molecule has 0 aromatic heterocycles. The third-order valence-corrected chi connectivity index (χ3v) is 1.73. The summed E-state index contributed by atoms with van der Waals surface area (Å²) >= 11 is 2.04. The predicted octanol–water partition coefficient (Wildman–Crippen LogP) is 1.29. The molecule has 1 rings (SSSR count). The Balaban J connectivity index is 0.000000160. The van der Waals surface area contributed by atoms with E-state index in [9.17, 15) is 0 Å². The van der Waals surface area contributed by atoms with Gasteiger partial charge in [-0.15, -0.1) is 0 Å². The Kier molecular flexibility index (Phi) is 2.70. The highest BCUT2D eigenvalue weighted by atomic mass is 32.2. The topological polar surface area (TPSA) is 35.0 Å². The first kappa shape index (κ1) is 5.31. The molecular weight excluding hydrogens is 82.1 g/mol. The van der Waals surface area contributed by atoms with Crippen molar-refractivity contribution in [3.63, 3.8) is 0 Å². The minimum atomic E-state index is 0. The summed E-state index contributed by atoms with van der Waals surface area (Å²) in [4.78, 5) is 0. The summed E-state index contributed by atoms with van der Waals surface area (Å²) in [6.07, 6.45) is 1.46. The van der Waals surface area contributed by atoms with Gasteiger partial charge in [-0.3, -0.25) is 0 Å². The number of hydrogen-bond donors (Lipinski definition) is 1. The molecule has 2 heteroatoms. The standard InChI is InChI=1S/C3H6S.H3N/c1-2-4-3-1;/h1-3H2;1H3. The van der Waals surface area contributed by atoms with Crippen LogP contribution in [0.5, 0.6) is 0 Å². The first-order valence-electron chi connectivity index (χ1n) is 1.58. The van der Waals surface area contributed by atoms with E-state index in [1.165, 1.54) is 17.9 Å². The van der Waals surface area contributed by atoms with Crippen molar-refractivity contribution >= 4 is 11.8 Å². The average molecular weight is 91.2 g/mol. The van der Waals surface area contributed by atoms with Crippen LogP contribution in [-0.4, -0.2) is 11.5 Å². The molecule has 0 amide bonds. The number of thioether (sulfide) groups is 1. The molecule has 32 valence electrons. The van der Waals surface area contributed by atoms with E-state index in [0.29, 0.717) is 0 Å². The molecule has 1 aliphatic heterocycles. The molecule has 5 heavy (non-hydrogen) atoms. The molecule has 0 saturated carbocycles. The largest absolute Gasteiger partial charge is 0.344 e. The third-order valence-electron chi connectivity index (χ3n) is 0.577. The van der Waals surface area contributed by atoms with E-state index in [-0.39, 0.29) is 6.15 Å². The summed E-state index contributed by atoms with van der Waals surface area (Å²) in [5.41, 5.74) is 0. The Labute approximate surface area is 36.7 Å². The smallest absolute Gasteiger partial charge is 0.00597 e. The van der Waals surface area contributed by atoms with Gasteiger partial charge < -0.3 is 6.15 Å². The first-order chi connectivity index (χ1) is 2.00. The van der Waals surface area contributed by atoms with Crippen molar-refractivity contribution in [1.82, 2.24) is 6.15 Å². The lowest BCUT2D eigenvalue weighted by Crippen LogP contribution is -1.94. The fourth-order valence-electron chi connectivity index (χ4n) is 0.144. The molecule has 1 saturated heterocycles. The minimum Gasteiger partial charge on any atom is -0.344 e. The molecule has 0 aromatic carbocycles. The van der Waals surface area contributed by atoms with Crippen LogP contribution in [-0.2, 0) is 0 Å². The Morgan fingerprint density at radius 2 is 1.40 bits per heavy atom. The van der Waals surface area contributed by atoms with Gasteiger partial charge in [-0.2, -0.15) is 11.8 Å². The van der Waals surface area contributed by atoms with Crippen molar-refractivity contribution in [2.24, 2.45) is 0 Å². The maximum Gasteiger partial charge on any atom is -0.00597 e. The molecule has 0 atom stereocenters. The third kappa shape index (κ3) is 1.24. The summed E-state index contributed by atoms with van der Waals surface area (Å²) in [5, 5.41) is 0. The molecule has 0 aliphatic carbocycles. The second-order valence-corrected chi connectivity index (χ2v) is 2.19. The summed E-state index contributed by atoms with van der Waals surface area (Å²) in [6.45, 7) is 0. The lowest BCUT2D eigenvalue weighted by molar-refractivity contribution is 1.06. The maximum atomic E-state index is 2.04. The molecule has 0 radical (unpaired) electrons. The lowest BCUT2D eigenvalue weighted by Gasteiger charge is -2.05. The van der Waals surface area contributed by atoms with Crippen LogP contribution in [0.4, 0.5) is 0 Å². The van der Waals surface area contributed by atoms with Crippen molar-refractivity contribution < 1.29 is 0 Å². The SMILES string of the molecule is C1CSC1.N. The van der Waals surface area contributed by atoms with Crippen LogP contribution >= 0.6 is 11.8 Å². The van der Waals surface area contributed by atoms with E-state index in [1.54, 1.807) is 0 Å². The van der Waals surface area contributed by atoms with Gasteiger partial charge in [-0.25, -0.2) is 0 Å². The molecule has 0 unspecified atom stereocenters. The molecule has 0 bridgehead atoms. The minimum absolute atomic E-state index is 0. The van der Waals surface area contributed by atoms with E-state index in [1.807, 2.05) is 11.8 Å². The lowest BCUT2D eigenvalue weighted by atomic mass is 10.6. The van der Waals surface area contributed by atoms with E-state index in [0.717, 1.165) is 0 Å². The van der Waals surface area contributed by atoms with Crippen LogP contribution in [0.25, 0.3) is 0 Å².